The van der Waals surface area contributed by atoms with Gasteiger partial charge in [-0.15, -0.1) is 0 Å². The number of allylic oxidation sites excluding steroid dienone is 1. The Balaban J connectivity index is 2.43. The molecule has 0 saturated carbocycles. The molecule has 0 bridgehead atoms. The lowest BCUT2D eigenvalue weighted by Crippen LogP contribution is -2.07. The van der Waals surface area contributed by atoms with Crippen molar-refractivity contribution >= 4 is 10.9 Å². The predicted molar refractivity (Wildman–Crippen MR) is 68.1 cm³/mol. The van der Waals surface area contributed by atoms with Gasteiger partial charge in [0.25, 0.3) is 0 Å². The first-order valence-corrected chi connectivity index (χ1v) is 5.42. The third-order valence-electron chi connectivity index (χ3n) is 2.52. The zero-order valence-electron chi connectivity index (χ0n) is 9.64. The van der Waals surface area contributed by atoms with E-state index in [1.165, 1.54) is 5.57 Å². The van der Waals surface area contributed by atoms with Gasteiger partial charge in [-0.2, -0.15) is 0 Å². The summed E-state index contributed by atoms with van der Waals surface area (Å²) in [4.78, 5) is 4.29. The van der Waals surface area contributed by atoms with Gasteiger partial charge in [0.1, 0.15) is 0 Å². The lowest BCUT2D eigenvalue weighted by molar-refractivity contribution is 0.901. The van der Waals surface area contributed by atoms with Crippen molar-refractivity contribution in [2.24, 2.45) is 5.73 Å². The van der Waals surface area contributed by atoms with Crippen molar-refractivity contribution in [1.82, 2.24) is 4.98 Å². The average molecular weight is 212 g/mol. The number of rotatable bonds is 2. The molecule has 0 fully saturated rings. The molecule has 0 radical (unpaired) electrons. The molecule has 16 heavy (non-hydrogen) atoms. The van der Waals surface area contributed by atoms with E-state index in [4.69, 9.17) is 5.73 Å². The van der Waals surface area contributed by atoms with Crippen molar-refractivity contribution in [3.63, 3.8) is 0 Å². The van der Waals surface area contributed by atoms with Crippen LogP contribution in [0, 0.1) is 0 Å². The number of benzene rings is 1. The maximum absolute atomic E-state index is 6.09. The number of nitrogens with zero attached hydrogens (tertiary/aromatic N) is 1. The van der Waals surface area contributed by atoms with Gasteiger partial charge in [0.05, 0.1) is 5.52 Å². The van der Waals surface area contributed by atoms with E-state index in [0.717, 1.165) is 16.5 Å². The SMILES string of the molecule is CC(C)=CC(N)c1ccc2ncccc2c1. The van der Waals surface area contributed by atoms with E-state index in [9.17, 15) is 0 Å². The van der Waals surface area contributed by atoms with Crippen LogP contribution in [0.2, 0.25) is 0 Å². The van der Waals surface area contributed by atoms with Crippen LogP contribution >= 0.6 is 0 Å². The molecule has 82 valence electrons. The summed E-state index contributed by atoms with van der Waals surface area (Å²) in [6, 6.07) is 10.1. The fraction of sp³-hybridized carbons (Fsp3) is 0.214. The van der Waals surface area contributed by atoms with Crippen LogP contribution in [-0.2, 0) is 0 Å². The van der Waals surface area contributed by atoms with Crippen molar-refractivity contribution in [2.45, 2.75) is 19.9 Å². The fourth-order valence-electron chi connectivity index (χ4n) is 1.76. The Morgan fingerprint density at radius 3 is 2.88 bits per heavy atom. The molecule has 2 rings (SSSR count). The minimum atomic E-state index is -0.0328. The molecule has 2 heteroatoms. The molecule has 0 aliphatic heterocycles. The van der Waals surface area contributed by atoms with Crippen LogP contribution < -0.4 is 5.73 Å². The third kappa shape index (κ3) is 2.28. The first-order chi connectivity index (χ1) is 7.66. The first kappa shape index (κ1) is 10.8. The van der Waals surface area contributed by atoms with Gasteiger partial charge in [-0.25, -0.2) is 0 Å². The zero-order valence-corrected chi connectivity index (χ0v) is 9.64. The van der Waals surface area contributed by atoms with Gasteiger partial charge < -0.3 is 5.73 Å². The number of aromatic nitrogens is 1. The van der Waals surface area contributed by atoms with E-state index in [1.807, 2.05) is 18.2 Å². The van der Waals surface area contributed by atoms with Crippen LogP contribution in [0.3, 0.4) is 0 Å². The largest absolute Gasteiger partial charge is 0.321 e. The minimum Gasteiger partial charge on any atom is -0.321 e. The van der Waals surface area contributed by atoms with Gasteiger partial charge in [0.15, 0.2) is 0 Å². The quantitative estimate of drug-likeness (QED) is 0.776. The highest BCUT2D eigenvalue weighted by Crippen LogP contribution is 2.19. The summed E-state index contributed by atoms with van der Waals surface area (Å²) in [5, 5.41) is 1.14. The summed E-state index contributed by atoms with van der Waals surface area (Å²) in [6.45, 7) is 4.12. The molecule has 1 atom stereocenters. The lowest BCUT2D eigenvalue weighted by Gasteiger charge is -2.09. The van der Waals surface area contributed by atoms with Gasteiger partial charge in [-0.1, -0.05) is 23.8 Å². The number of nitrogens with two attached hydrogens (primary N) is 1. The Morgan fingerprint density at radius 1 is 1.31 bits per heavy atom. The Labute approximate surface area is 95.8 Å². The lowest BCUT2D eigenvalue weighted by atomic mass is 10.0. The molecule has 2 nitrogen and oxygen atoms in total. The van der Waals surface area contributed by atoms with Crippen LogP contribution in [0.1, 0.15) is 25.5 Å². The van der Waals surface area contributed by atoms with Crippen molar-refractivity contribution in [2.75, 3.05) is 0 Å². The monoisotopic (exact) mass is 212 g/mol. The Bertz CT molecular complexity index is 525. The van der Waals surface area contributed by atoms with Crippen molar-refractivity contribution in [3.8, 4) is 0 Å². The smallest absolute Gasteiger partial charge is 0.0702 e. The van der Waals surface area contributed by atoms with Crippen molar-refractivity contribution in [3.05, 3.63) is 53.7 Å². The minimum absolute atomic E-state index is 0.0328. The fourth-order valence-corrected chi connectivity index (χ4v) is 1.76. The van der Waals surface area contributed by atoms with Crippen LogP contribution in [-0.4, -0.2) is 4.98 Å². The maximum Gasteiger partial charge on any atom is 0.0702 e. The molecule has 0 saturated heterocycles. The highest BCUT2D eigenvalue weighted by Gasteiger charge is 2.03. The molecule has 1 aromatic heterocycles. The number of fused-ring (bicyclic) bond motifs is 1. The Hall–Kier alpha value is -1.67. The van der Waals surface area contributed by atoms with Gasteiger partial charge in [0, 0.05) is 17.6 Å². The van der Waals surface area contributed by atoms with Crippen molar-refractivity contribution in [1.29, 1.82) is 0 Å². The molecular weight excluding hydrogens is 196 g/mol. The summed E-state index contributed by atoms with van der Waals surface area (Å²) in [5.41, 5.74) is 9.46. The molecule has 1 heterocycles. The van der Waals surface area contributed by atoms with Gasteiger partial charge in [-0.05, 0) is 37.6 Å². The van der Waals surface area contributed by atoms with Crippen molar-refractivity contribution < 1.29 is 0 Å². The summed E-state index contributed by atoms with van der Waals surface area (Å²) in [6.07, 6.45) is 3.87. The van der Waals surface area contributed by atoms with Gasteiger partial charge in [0.2, 0.25) is 0 Å². The van der Waals surface area contributed by atoms with Gasteiger partial charge >= 0.3 is 0 Å². The van der Waals surface area contributed by atoms with Crippen LogP contribution in [0.15, 0.2) is 48.2 Å². The maximum atomic E-state index is 6.09. The molecule has 2 N–H and O–H groups in total. The molecule has 0 aliphatic rings. The Kier molecular flexibility index (Phi) is 3.02. The Morgan fingerprint density at radius 2 is 2.12 bits per heavy atom. The van der Waals surface area contributed by atoms with E-state index >= 15 is 0 Å². The number of hydrogen-bond acceptors (Lipinski definition) is 2. The average Bonchev–Trinajstić information content (AvgIpc) is 2.27. The van der Waals surface area contributed by atoms with E-state index < -0.39 is 0 Å². The molecule has 2 aromatic rings. The summed E-state index contributed by atoms with van der Waals surface area (Å²) in [5.74, 6) is 0. The number of hydrogen-bond donors (Lipinski definition) is 1. The van der Waals surface area contributed by atoms with E-state index in [-0.39, 0.29) is 6.04 Å². The molecule has 0 amide bonds. The predicted octanol–water partition coefficient (Wildman–Crippen LogP) is 3.20. The second kappa shape index (κ2) is 4.45. The molecule has 0 aliphatic carbocycles. The standard InChI is InChI=1S/C14H16N2/c1-10(2)8-13(15)11-5-6-14-12(9-11)4-3-7-16-14/h3-9,13H,15H2,1-2H3. The topological polar surface area (TPSA) is 38.9 Å². The molecule has 1 aromatic carbocycles. The second-order valence-electron chi connectivity index (χ2n) is 4.23. The third-order valence-corrected chi connectivity index (χ3v) is 2.52. The van der Waals surface area contributed by atoms with Crippen LogP contribution in [0.4, 0.5) is 0 Å². The summed E-state index contributed by atoms with van der Waals surface area (Å²) < 4.78 is 0. The van der Waals surface area contributed by atoms with Crippen LogP contribution in [0.25, 0.3) is 10.9 Å². The summed E-state index contributed by atoms with van der Waals surface area (Å²) >= 11 is 0. The zero-order chi connectivity index (χ0) is 11.5. The molecule has 0 spiro atoms. The first-order valence-electron chi connectivity index (χ1n) is 5.42. The molecular formula is C14H16N2. The van der Waals surface area contributed by atoms with E-state index in [2.05, 4.69) is 37.0 Å². The normalized spacial score (nSPS) is 12.4. The highest BCUT2D eigenvalue weighted by atomic mass is 14.6. The molecule has 1 unspecified atom stereocenters. The second-order valence-corrected chi connectivity index (χ2v) is 4.23. The highest BCUT2D eigenvalue weighted by molar-refractivity contribution is 5.79. The van der Waals surface area contributed by atoms with E-state index in [1.54, 1.807) is 6.20 Å². The summed E-state index contributed by atoms with van der Waals surface area (Å²) in [7, 11) is 0. The number of pyridine rings is 1. The van der Waals surface area contributed by atoms with Gasteiger partial charge in [-0.3, -0.25) is 4.98 Å². The van der Waals surface area contributed by atoms with E-state index in [0.29, 0.717) is 0 Å². The van der Waals surface area contributed by atoms with Crippen LogP contribution in [0.5, 0.6) is 0 Å².